The van der Waals surface area contributed by atoms with Crippen molar-refractivity contribution in [2.24, 2.45) is 5.73 Å². The lowest BCUT2D eigenvalue weighted by molar-refractivity contribution is -0.117. The standard InChI is InChI=1S/C14H20N2OS.ClH/c1-10(15)14(17)16-12-8-4-5-9-13(12)18-11-6-2-3-7-11;/h4-5,8-11H,2-3,6-7,15H2,1H3,(H,16,17);1H/t10-;/m1./s1. The molecule has 0 aliphatic heterocycles. The molecule has 5 heteroatoms. The van der Waals surface area contributed by atoms with Crippen molar-refractivity contribution >= 4 is 35.8 Å². The Labute approximate surface area is 125 Å². The van der Waals surface area contributed by atoms with Crippen LogP contribution >= 0.6 is 24.2 Å². The Morgan fingerprint density at radius 2 is 2.00 bits per heavy atom. The summed E-state index contributed by atoms with van der Waals surface area (Å²) >= 11 is 1.88. The Balaban J connectivity index is 0.00000180. The highest BCUT2D eigenvalue weighted by molar-refractivity contribution is 8.00. The quantitative estimate of drug-likeness (QED) is 0.896. The predicted molar refractivity (Wildman–Crippen MR) is 84.1 cm³/mol. The van der Waals surface area contributed by atoms with Crippen LogP contribution in [0.2, 0.25) is 0 Å². The Morgan fingerprint density at radius 1 is 1.37 bits per heavy atom. The summed E-state index contributed by atoms with van der Waals surface area (Å²) in [5, 5.41) is 3.59. The van der Waals surface area contributed by atoms with Crippen LogP contribution < -0.4 is 11.1 Å². The molecule has 1 aromatic carbocycles. The van der Waals surface area contributed by atoms with Gasteiger partial charge in [-0.25, -0.2) is 0 Å². The fourth-order valence-electron chi connectivity index (χ4n) is 2.11. The minimum Gasteiger partial charge on any atom is -0.324 e. The maximum atomic E-state index is 11.7. The molecule has 106 valence electrons. The Bertz CT molecular complexity index is 420. The van der Waals surface area contributed by atoms with E-state index in [2.05, 4.69) is 11.4 Å². The topological polar surface area (TPSA) is 55.1 Å². The highest BCUT2D eigenvalue weighted by atomic mass is 35.5. The molecule has 0 radical (unpaired) electrons. The second-order valence-electron chi connectivity index (χ2n) is 4.80. The molecule has 0 bridgehead atoms. The van der Waals surface area contributed by atoms with Crippen LogP contribution in [0.15, 0.2) is 29.2 Å². The molecular weight excluding hydrogens is 280 g/mol. The predicted octanol–water partition coefficient (Wildman–Crippen LogP) is 3.43. The van der Waals surface area contributed by atoms with Crippen molar-refractivity contribution in [3.63, 3.8) is 0 Å². The van der Waals surface area contributed by atoms with Crippen LogP contribution in [0.5, 0.6) is 0 Å². The van der Waals surface area contributed by atoms with Crippen molar-refractivity contribution in [3.05, 3.63) is 24.3 Å². The normalized spacial score (nSPS) is 16.7. The first-order chi connectivity index (χ1) is 8.66. The molecule has 2 rings (SSSR count). The average molecular weight is 301 g/mol. The van der Waals surface area contributed by atoms with E-state index in [-0.39, 0.29) is 18.3 Å². The summed E-state index contributed by atoms with van der Waals surface area (Å²) in [6.45, 7) is 1.70. The molecule has 1 atom stereocenters. The van der Waals surface area contributed by atoms with Gasteiger partial charge in [0.25, 0.3) is 0 Å². The van der Waals surface area contributed by atoms with Gasteiger partial charge in [-0.3, -0.25) is 4.79 Å². The van der Waals surface area contributed by atoms with Crippen LogP contribution in [0, 0.1) is 0 Å². The molecule has 3 nitrogen and oxygen atoms in total. The number of nitrogens with one attached hydrogen (secondary N) is 1. The number of carbonyl (C=O) groups is 1. The third-order valence-corrected chi connectivity index (χ3v) is 4.57. The first-order valence-electron chi connectivity index (χ1n) is 6.49. The number of para-hydroxylation sites is 1. The van der Waals surface area contributed by atoms with Crippen molar-refractivity contribution in [1.29, 1.82) is 0 Å². The Morgan fingerprint density at radius 3 is 2.63 bits per heavy atom. The number of benzene rings is 1. The van der Waals surface area contributed by atoms with Gasteiger partial charge >= 0.3 is 0 Å². The molecule has 1 saturated carbocycles. The van der Waals surface area contributed by atoms with Gasteiger partial charge in [0.2, 0.25) is 5.91 Å². The summed E-state index contributed by atoms with van der Waals surface area (Å²) in [6, 6.07) is 7.49. The summed E-state index contributed by atoms with van der Waals surface area (Å²) in [4.78, 5) is 12.8. The van der Waals surface area contributed by atoms with Gasteiger partial charge in [-0.15, -0.1) is 24.2 Å². The van der Waals surface area contributed by atoms with E-state index in [0.717, 1.165) is 10.6 Å². The molecule has 19 heavy (non-hydrogen) atoms. The monoisotopic (exact) mass is 300 g/mol. The molecule has 1 fully saturated rings. The Hall–Kier alpha value is -0.710. The number of rotatable bonds is 4. The number of carbonyl (C=O) groups excluding carboxylic acids is 1. The SMILES string of the molecule is C[C@@H](N)C(=O)Nc1ccccc1SC1CCCC1.Cl. The van der Waals surface area contributed by atoms with Gasteiger partial charge in [0.05, 0.1) is 11.7 Å². The van der Waals surface area contributed by atoms with Gasteiger partial charge in [0, 0.05) is 10.1 Å². The number of halogens is 1. The van der Waals surface area contributed by atoms with Crippen LogP contribution in [0.1, 0.15) is 32.6 Å². The number of thioether (sulfide) groups is 1. The van der Waals surface area contributed by atoms with Gasteiger partial charge in [-0.2, -0.15) is 0 Å². The van der Waals surface area contributed by atoms with E-state index in [0.29, 0.717) is 5.25 Å². The lowest BCUT2D eigenvalue weighted by atomic mass is 10.3. The Kier molecular flexibility index (Phi) is 6.69. The molecule has 0 spiro atoms. The van der Waals surface area contributed by atoms with E-state index in [1.54, 1.807) is 6.92 Å². The number of anilines is 1. The zero-order valence-corrected chi connectivity index (χ0v) is 12.7. The van der Waals surface area contributed by atoms with Crippen molar-refractivity contribution in [2.45, 2.75) is 48.8 Å². The van der Waals surface area contributed by atoms with Gasteiger partial charge < -0.3 is 11.1 Å². The number of hydrogen-bond donors (Lipinski definition) is 2. The molecular formula is C14H21ClN2OS. The summed E-state index contributed by atoms with van der Waals surface area (Å²) < 4.78 is 0. The van der Waals surface area contributed by atoms with Crippen molar-refractivity contribution in [1.82, 2.24) is 0 Å². The minimum atomic E-state index is -0.477. The first kappa shape index (κ1) is 16.3. The fraction of sp³-hybridized carbons (Fsp3) is 0.500. The maximum Gasteiger partial charge on any atom is 0.241 e. The smallest absolute Gasteiger partial charge is 0.241 e. The minimum absolute atomic E-state index is 0. The zero-order valence-electron chi connectivity index (χ0n) is 11.1. The van der Waals surface area contributed by atoms with E-state index >= 15 is 0 Å². The lowest BCUT2D eigenvalue weighted by Crippen LogP contribution is -2.32. The van der Waals surface area contributed by atoms with Crippen LogP contribution in [-0.4, -0.2) is 17.2 Å². The molecule has 0 unspecified atom stereocenters. The zero-order chi connectivity index (χ0) is 13.0. The van der Waals surface area contributed by atoms with Crippen LogP contribution in [0.3, 0.4) is 0 Å². The summed E-state index contributed by atoms with van der Waals surface area (Å²) in [7, 11) is 0. The maximum absolute atomic E-state index is 11.7. The van der Waals surface area contributed by atoms with E-state index in [1.807, 2.05) is 30.0 Å². The van der Waals surface area contributed by atoms with Crippen LogP contribution in [0.25, 0.3) is 0 Å². The molecule has 0 aromatic heterocycles. The summed E-state index contributed by atoms with van der Waals surface area (Å²) in [6.07, 6.45) is 5.21. The molecule has 1 aromatic rings. The molecule has 0 saturated heterocycles. The van der Waals surface area contributed by atoms with Crippen molar-refractivity contribution < 1.29 is 4.79 Å². The third-order valence-electron chi connectivity index (χ3n) is 3.15. The second kappa shape index (κ2) is 7.78. The largest absolute Gasteiger partial charge is 0.324 e. The summed E-state index contributed by atoms with van der Waals surface area (Å²) in [5.74, 6) is -0.130. The number of hydrogen-bond acceptors (Lipinski definition) is 3. The number of nitrogens with two attached hydrogens (primary N) is 1. The highest BCUT2D eigenvalue weighted by Gasteiger charge is 2.18. The van der Waals surface area contributed by atoms with E-state index in [1.165, 1.54) is 25.7 Å². The first-order valence-corrected chi connectivity index (χ1v) is 7.37. The van der Waals surface area contributed by atoms with Crippen LogP contribution in [-0.2, 0) is 4.79 Å². The molecule has 1 aliphatic rings. The lowest BCUT2D eigenvalue weighted by Gasteiger charge is -2.14. The second-order valence-corrected chi connectivity index (χ2v) is 6.14. The highest BCUT2D eigenvalue weighted by Crippen LogP contribution is 2.37. The van der Waals surface area contributed by atoms with Gasteiger partial charge in [-0.05, 0) is 31.9 Å². The molecule has 0 heterocycles. The fourth-order valence-corrected chi connectivity index (χ4v) is 3.44. The van der Waals surface area contributed by atoms with E-state index in [4.69, 9.17) is 5.73 Å². The van der Waals surface area contributed by atoms with Gasteiger partial charge in [0.15, 0.2) is 0 Å². The summed E-state index contributed by atoms with van der Waals surface area (Å²) in [5.41, 5.74) is 6.46. The third kappa shape index (κ3) is 4.71. The van der Waals surface area contributed by atoms with Gasteiger partial charge in [0.1, 0.15) is 0 Å². The van der Waals surface area contributed by atoms with Crippen LogP contribution in [0.4, 0.5) is 5.69 Å². The van der Waals surface area contributed by atoms with Crippen molar-refractivity contribution in [2.75, 3.05) is 5.32 Å². The molecule has 1 amide bonds. The van der Waals surface area contributed by atoms with Gasteiger partial charge in [-0.1, -0.05) is 25.0 Å². The van der Waals surface area contributed by atoms with E-state index < -0.39 is 6.04 Å². The average Bonchev–Trinajstić information content (AvgIpc) is 2.84. The van der Waals surface area contributed by atoms with E-state index in [9.17, 15) is 4.79 Å². The molecule has 3 N–H and O–H groups in total. The molecule has 1 aliphatic carbocycles. The van der Waals surface area contributed by atoms with Crippen molar-refractivity contribution in [3.8, 4) is 0 Å². The number of amides is 1.